The maximum absolute atomic E-state index is 14.0. The Morgan fingerprint density at radius 3 is 2.53 bits per heavy atom. The van der Waals surface area contributed by atoms with E-state index in [1.807, 2.05) is 6.07 Å². The molecule has 1 aliphatic rings. The van der Waals surface area contributed by atoms with Gasteiger partial charge in [-0.05, 0) is 29.8 Å². The molecule has 3 aromatic heterocycles. The third-order valence-electron chi connectivity index (χ3n) is 5.84. The van der Waals surface area contributed by atoms with E-state index < -0.39 is 17.1 Å². The Kier molecular flexibility index (Phi) is 6.26. The largest absolute Gasteiger partial charge is 0.356 e. The van der Waals surface area contributed by atoms with Crippen LogP contribution in [0.4, 0.5) is 10.2 Å². The number of aromatic nitrogens is 5. The van der Waals surface area contributed by atoms with Gasteiger partial charge in [-0.15, -0.1) is 0 Å². The minimum absolute atomic E-state index is 0.0407. The molecule has 0 aliphatic carbocycles. The molecule has 0 saturated carbocycles. The Balaban J connectivity index is 1.76. The molecular formula is C24H16Cl2FN7O2. The summed E-state index contributed by atoms with van der Waals surface area (Å²) in [6.45, 7) is 0.464. The van der Waals surface area contributed by atoms with E-state index in [0.29, 0.717) is 18.9 Å². The molecule has 0 N–H and O–H groups in total. The first-order valence-electron chi connectivity index (χ1n) is 10.7. The summed E-state index contributed by atoms with van der Waals surface area (Å²) in [5, 5.41) is 9.58. The van der Waals surface area contributed by atoms with Crippen molar-refractivity contribution in [1.82, 2.24) is 24.1 Å². The second-order valence-electron chi connectivity index (χ2n) is 8.07. The molecule has 1 fully saturated rings. The van der Waals surface area contributed by atoms with Gasteiger partial charge in [-0.1, -0.05) is 29.3 Å². The van der Waals surface area contributed by atoms with Gasteiger partial charge in [0.1, 0.15) is 24.0 Å². The Morgan fingerprint density at radius 1 is 1.11 bits per heavy atom. The van der Waals surface area contributed by atoms with Crippen molar-refractivity contribution in [2.45, 2.75) is 12.5 Å². The molecular weight excluding hydrogens is 508 g/mol. The Hall–Kier alpha value is -4.07. The normalized spacial score (nSPS) is 13.3. The zero-order valence-electron chi connectivity index (χ0n) is 18.5. The number of rotatable bonds is 5. The molecule has 9 nitrogen and oxygen atoms in total. The molecule has 4 heterocycles. The molecule has 0 spiro atoms. The minimum atomic E-state index is -0.739. The average molecular weight is 524 g/mol. The predicted octanol–water partition coefficient (Wildman–Crippen LogP) is 3.42. The predicted molar refractivity (Wildman–Crippen MR) is 132 cm³/mol. The number of nitriles is 1. The van der Waals surface area contributed by atoms with E-state index in [4.69, 9.17) is 23.2 Å². The molecule has 5 rings (SSSR count). The molecule has 0 bridgehead atoms. The molecule has 1 aliphatic heterocycles. The molecule has 0 radical (unpaired) electrons. The highest BCUT2D eigenvalue weighted by Crippen LogP contribution is 2.36. The molecule has 1 aromatic carbocycles. The van der Waals surface area contributed by atoms with Crippen LogP contribution in [0.5, 0.6) is 0 Å². The Morgan fingerprint density at radius 2 is 1.86 bits per heavy atom. The van der Waals surface area contributed by atoms with E-state index in [1.165, 1.54) is 35.2 Å². The third kappa shape index (κ3) is 4.12. The van der Waals surface area contributed by atoms with Crippen molar-refractivity contribution in [3.63, 3.8) is 0 Å². The van der Waals surface area contributed by atoms with Crippen molar-refractivity contribution in [1.29, 1.82) is 5.26 Å². The molecule has 0 amide bonds. The molecule has 0 unspecified atom stereocenters. The fraction of sp³-hybridized carbons (Fsp3) is 0.167. The van der Waals surface area contributed by atoms with Gasteiger partial charge in [0.25, 0.3) is 5.56 Å². The van der Waals surface area contributed by atoms with E-state index >= 15 is 0 Å². The summed E-state index contributed by atoms with van der Waals surface area (Å²) in [6.07, 6.45) is 5.97. The molecule has 12 heteroatoms. The number of hydrogen-bond acceptors (Lipinski definition) is 7. The quantitative estimate of drug-likeness (QED) is 0.394. The monoisotopic (exact) mass is 523 g/mol. The van der Waals surface area contributed by atoms with Gasteiger partial charge >= 0.3 is 5.69 Å². The maximum atomic E-state index is 14.0. The van der Waals surface area contributed by atoms with Crippen LogP contribution in [0.25, 0.3) is 16.8 Å². The van der Waals surface area contributed by atoms with Crippen LogP contribution in [0.3, 0.4) is 0 Å². The van der Waals surface area contributed by atoms with Crippen molar-refractivity contribution in [2.75, 3.05) is 18.0 Å². The van der Waals surface area contributed by atoms with E-state index in [2.05, 4.69) is 15.0 Å². The van der Waals surface area contributed by atoms with Gasteiger partial charge < -0.3 is 4.90 Å². The van der Waals surface area contributed by atoms with Crippen LogP contribution < -0.4 is 16.1 Å². The average Bonchev–Trinajstić information content (AvgIpc) is 2.83. The number of hydrogen-bond donors (Lipinski definition) is 0. The first-order valence-corrected chi connectivity index (χ1v) is 11.5. The standard InChI is InChI=1S/C24H16Cl2FN7O2/c25-16-9-17(11-29-10-16)34-23(35)20(14-2-3-19(27)18(26)8-14)22(33(7-4-28)24(34)36)32-12-15(13-32)21-30-5-1-6-31-21/h1-3,5-6,8-11,15H,7,12-13H2. The summed E-state index contributed by atoms with van der Waals surface area (Å²) in [6, 6.07) is 8.98. The van der Waals surface area contributed by atoms with Gasteiger partial charge in [0, 0.05) is 31.7 Å². The van der Waals surface area contributed by atoms with E-state index in [-0.39, 0.29) is 45.1 Å². The molecule has 4 aromatic rings. The molecule has 0 atom stereocenters. The summed E-state index contributed by atoms with van der Waals surface area (Å²) in [7, 11) is 0. The first-order chi connectivity index (χ1) is 17.4. The third-order valence-corrected chi connectivity index (χ3v) is 6.33. The smallest absolute Gasteiger partial charge is 0.338 e. The summed E-state index contributed by atoms with van der Waals surface area (Å²) < 4.78 is 16.1. The summed E-state index contributed by atoms with van der Waals surface area (Å²) in [5.41, 5.74) is -0.924. The van der Waals surface area contributed by atoms with Crippen LogP contribution in [0.2, 0.25) is 10.0 Å². The van der Waals surface area contributed by atoms with Gasteiger partial charge in [0.15, 0.2) is 0 Å². The number of nitrogens with zero attached hydrogens (tertiary/aromatic N) is 7. The zero-order chi connectivity index (χ0) is 25.4. The first kappa shape index (κ1) is 23.7. The van der Waals surface area contributed by atoms with Crippen LogP contribution in [-0.4, -0.2) is 37.2 Å². The fourth-order valence-corrected chi connectivity index (χ4v) is 4.52. The van der Waals surface area contributed by atoms with Crippen LogP contribution in [0.15, 0.2) is 64.7 Å². The van der Waals surface area contributed by atoms with Crippen molar-refractivity contribution >= 4 is 29.0 Å². The van der Waals surface area contributed by atoms with Crippen LogP contribution in [-0.2, 0) is 6.54 Å². The number of benzene rings is 1. The number of anilines is 1. The minimum Gasteiger partial charge on any atom is -0.356 e. The lowest BCUT2D eigenvalue weighted by molar-refractivity contribution is 0.483. The van der Waals surface area contributed by atoms with Crippen LogP contribution in [0.1, 0.15) is 11.7 Å². The SMILES string of the molecule is N#CCn1c(N2CC(c3ncccn3)C2)c(-c2ccc(F)c(Cl)c2)c(=O)n(-c2cncc(Cl)c2)c1=O. The Labute approximate surface area is 213 Å². The van der Waals surface area contributed by atoms with Gasteiger partial charge in [-0.25, -0.2) is 23.7 Å². The van der Waals surface area contributed by atoms with Crippen molar-refractivity contribution in [2.24, 2.45) is 0 Å². The molecule has 36 heavy (non-hydrogen) atoms. The highest BCUT2D eigenvalue weighted by atomic mass is 35.5. The lowest BCUT2D eigenvalue weighted by atomic mass is 9.97. The Bertz CT molecular complexity index is 1630. The van der Waals surface area contributed by atoms with Crippen molar-refractivity contribution in [3.05, 3.63) is 97.6 Å². The molecule has 1 saturated heterocycles. The van der Waals surface area contributed by atoms with Gasteiger partial charge in [0.05, 0.1) is 39.5 Å². The second-order valence-corrected chi connectivity index (χ2v) is 8.91. The summed E-state index contributed by atoms with van der Waals surface area (Å²) in [4.78, 5) is 41.8. The van der Waals surface area contributed by atoms with Crippen molar-refractivity contribution < 1.29 is 4.39 Å². The maximum Gasteiger partial charge on any atom is 0.338 e. The highest BCUT2D eigenvalue weighted by Gasteiger charge is 2.35. The lowest BCUT2D eigenvalue weighted by Crippen LogP contribution is -2.51. The second kappa shape index (κ2) is 9.53. The number of pyridine rings is 1. The van der Waals surface area contributed by atoms with Gasteiger partial charge in [-0.3, -0.25) is 14.3 Å². The van der Waals surface area contributed by atoms with Crippen molar-refractivity contribution in [3.8, 4) is 22.9 Å². The zero-order valence-corrected chi connectivity index (χ0v) is 20.0. The lowest BCUT2D eigenvalue weighted by Gasteiger charge is -2.41. The topological polar surface area (TPSA) is 110 Å². The summed E-state index contributed by atoms with van der Waals surface area (Å²) >= 11 is 12.1. The fourth-order valence-electron chi connectivity index (χ4n) is 4.17. The van der Waals surface area contributed by atoms with E-state index in [9.17, 15) is 19.2 Å². The van der Waals surface area contributed by atoms with Gasteiger partial charge in [0.2, 0.25) is 0 Å². The van der Waals surface area contributed by atoms with Crippen LogP contribution in [0, 0.1) is 17.1 Å². The van der Waals surface area contributed by atoms with Crippen LogP contribution >= 0.6 is 23.2 Å². The van der Waals surface area contributed by atoms with E-state index in [0.717, 1.165) is 10.6 Å². The highest BCUT2D eigenvalue weighted by molar-refractivity contribution is 6.31. The molecule has 180 valence electrons. The van der Waals surface area contributed by atoms with E-state index in [1.54, 1.807) is 23.4 Å². The number of halogens is 3. The summed E-state index contributed by atoms with van der Waals surface area (Å²) in [5.74, 6) is 0.165. The van der Waals surface area contributed by atoms with Gasteiger partial charge in [-0.2, -0.15) is 5.26 Å².